The monoisotopic (exact) mass is 233 g/mol. The summed E-state index contributed by atoms with van der Waals surface area (Å²) in [6, 6.07) is 12.4. The summed E-state index contributed by atoms with van der Waals surface area (Å²) in [6.45, 7) is 5.33. The van der Waals surface area contributed by atoms with Gasteiger partial charge in [-0.1, -0.05) is 23.7 Å². The molecule has 16 heavy (non-hydrogen) atoms. The van der Waals surface area contributed by atoms with E-state index in [-0.39, 0.29) is 0 Å². The van der Waals surface area contributed by atoms with E-state index in [1.807, 2.05) is 12.1 Å². The second-order valence-electron chi connectivity index (χ2n) is 4.14. The molecule has 0 radical (unpaired) electrons. The molecule has 0 saturated heterocycles. The summed E-state index contributed by atoms with van der Waals surface area (Å²) in [6.07, 6.45) is 1.05. The SMILES string of the molecule is Cc1ccc(C)n1CCc1ccc(Cl)cc1. The van der Waals surface area contributed by atoms with E-state index in [1.54, 1.807) is 0 Å². The van der Waals surface area contributed by atoms with Crippen LogP contribution >= 0.6 is 11.6 Å². The Kier molecular flexibility index (Phi) is 3.35. The highest BCUT2D eigenvalue weighted by Gasteiger charge is 2.01. The lowest BCUT2D eigenvalue weighted by Crippen LogP contribution is -2.04. The highest BCUT2D eigenvalue weighted by Crippen LogP contribution is 2.12. The Bertz CT molecular complexity index is 448. The van der Waals surface area contributed by atoms with Gasteiger partial charge >= 0.3 is 0 Å². The molecule has 0 unspecified atom stereocenters. The number of aryl methyl sites for hydroxylation is 3. The fourth-order valence-electron chi connectivity index (χ4n) is 1.94. The molecule has 1 heterocycles. The van der Waals surface area contributed by atoms with Gasteiger partial charge in [0.25, 0.3) is 0 Å². The first-order valence-electron chi connectivity index (χ1n) is 5.54. The first kappa shape index (κ1) is 11.3. The molecule has 0 saturated carbocycles. The van der Waals surface area contributed by atoms with E-state index in [9.17, 15) is 0 Å². The van der Waals surface area contributed by atoms with Crippen molar-refractivity contribution >= 4 is 11.6 Å². The van der Waals surface area contributed by atoms with Crippen LogP contribution in [0, 0.1) is 13.8 Å². The Morgan fingerprint density at radius 3 is 2.06 bits per heavy atom. The molecular formula is C14H16ClN. The van der Waals surface area contributed by atoms with Crippen molar-refractivity contribution in [1.29, 1.82) is 0 Å². The number of nitrogens with zero attached hydrogens (tertiary/aromatic N) is 1. The molecule has 0 aliphatic carbocycles. The van der Waals surface area contributed by atoms with E-state index in [1.165, 1.54) is 17.0 Å². The van der Waals surface area contributed by atoms with Gasteiger partial charge in [-0.05, 0) is 50.1 Å². The number of rotatable bonds is 3. The molecule has 0 atom stereocenters. The van der Waals surface area contributed by atoms with Crippen molar-refractivity contribution in [3.63, 3.8) is 0 Å². The molecular weight excluding hydrogens is 218 g/mol. The van der Waals surface area contributed by atoms with E-state index in [2.05, 4.69) is 42.7 Å². The van der Waals surface area contributed by atoms with E-state index in [4.69, 9.17) is 11.6 Å². The average Bonchev–Trinajstić information content (AvgIpc) is 2.59. The largest absolute Gasteiger partial charge is 0.349 e. The number of benzene rings is 1. The minimum atomic E-state index is 0.803. The third kappa shape index (κ3) is 2.48. The third-order valence-corrected chi connectivity index (χ3v) is 3.21. The predicted octanol–water partition coefficient (Wildman–Crippen LogP) is 4.00. The van der Waals surface area contributed by atoms with Crippen LogP contribution in [-0.2, 0) is 13.0 Å². The average molecular weight is 234 g/mol. The minimum Gasteiger partial charge on any atom is -0.349 e. The first-order chi connectivity index (χ1) is 7.66. The molecule has 1 nitrogen and oxygen atoms in total. The van der Waals surface area contributed by atoms with Crippen molar-refractivity contribution in [3.8, 4) is 0 Å². The van der Waals surface area contributed by atoms with E-state index >= 15 is 0 Å². The van der Waals surface area contributed by atoms with Gasteiger partial charge in [-0.25, -0.2) is 0 Å². The van der Waals surface area contributed by atoms with Crippen LogP contribution in [0.2, 0.25) is 5.02 Å². The molecule has 0 aliphatic heterocycles. The maximum absolute atomic E-state index is 5.86. The second kappa shape index (κ2) is 4.75. The van der Waals surface area contributed by atoms with Gasteiger partial charge in [0.05, 0.1) is 0 Å². The van der Waals surface area contributed by atoms with Crippen LogP contribution in [0.4, 0.5) is 0 Å². The number of hydrogen-bond acceptors (Lipinski definition) is 0. The predicted molar refractivity (Wildman–Crippen MR) is 69.1 cm³/mol. The fraction of sp³-hybridized carbons (Fsp3) is 0.286. The normalized spacial score (nSPS) is 10.7. The minimum absolute atomic E-state index is 0.803. The van der Waals surface area contributed by atoms with Crippen molar-refractivity contribution < 1.29 is 0 Å². The summed E-state index contributed by atoms with van der Waals surface area (Å²) >= 11 is 5.86. The molecule has 1 aromatic heterocycles. The highest BCUT2D eigenvalue weighted by molar-refractivity contribution is 6.30. The van der Waals surface area contributed by atoms with Crippen molar-refractivity contribution in [3.05, 3.63) is 58.4 Å². The highest BCUT2D eigenvalue weighted by atomic mass is 35.5. The van der Waals surface area contributed by atoms with Crippen molar-refractivity contribution in [2.45, 2.75) is 26.8 Å². The summed E-state index contributed by atoms with van der Waals surface area (Å²) in [4.78, 5) is 0. The molecule has 1 aromatic carbocycles. The van der Waals surface area contributed by atoms with Crippen molar-refractivity contribution in [2.75, 3.05) is 0 Å². The zero-order valence-corrected chi connectivity index (χ0v) is 10.5. The summed E-state index contributed by atoms with van der Waals surface area (Å²) in [7, 11) is 0. The molecule has 0 spiro atoms. The topological polar surface area (TPSA) is 4.93 Å². The lowest BCUT2D eigenvalue weighted by atomic mass is 10.1. The third-order valence-electron chi connectivity index (χ3n) is 2.95. The van der Waals surface area contributed by atoms with Gasteiger partial charge in [-0.2, -0.15) is 0 Å². The summed E-state index contributed by atoms with van der Waals surface area (Å²) in [5, 5.41) is 0.803. The molecule has 2 rings (SSSR count). The molecule has 0 N–H and O–H groups in total. The molecule has 2 heteroatoms. The van der Waals surface area contributed by atoms with Crippen LogP contribution in [0.5, 0.6) is 0 Å². The Morgan fingerprint density at radius 2 is 1.50 bits per heavy atom. The Hall–Kier alpha value is -1.21. The molecule has 0 fully saturated rings. The quantitative estimate of drug-likeness (QED) is 0.755. The summed E-state index contributed by atoms with van der Waals surface area (Å²) in [5.74, 6) is 0. The zero-order chi connectivity index (χ0) is 11.5. The molecule has 0 bridgehead atoms. The lowest BCUT2D eigenvalue weighted by Gasteiger charge is -2.09. The zero-order valence-electron chi connectivity index (χ0n) is 9.70. The van der Waals surface area contributed by atoms with Crippen LogP contribution < -0.4 is 0 Å². The first-order valence-corrected chi connectivity index (χ1v) is 5.92. The van der Waals surface area contributed by atoms with Gasteiger partial charge < -0.3 is 4.57 Å². The lowest BCUT2D eigenvalue weighted by molar-refractivity contribution is 0.664. The van der Waals surface area contributed by atoms with Gasteiger partial charge in [-0.3, -0.25) is 0 Å². The van der Waals surface area contributed by atoms with Gasteiger partial charge in [-0.15, -0.1) is 0 Å². The molecule has 84 valence electrons. The number of aromatic nitrogens is 1. The Labute approximate surface area is 102 Å². The molecule has 2 aromatic rings. The van der Waals surface area contributed by atoms with Crippen LogP contribution in [-0.4, -0.2) is 4.57 Å². The van der Waals surface area contributed by atoms with E-state index in [0.29, 0.717) is 0 Å². The van der Waals surface area contributed by atoms with Crippen LogP contribution in [0.15, 0.2) is 36.4 Å². The van der Waals surface area contributed by atoms with Crippen LogP contribution in [0.25, 0.3) is 0 Å². The maximum atomic E-state index is 5.86. The van der Waals surface area contributed by atoms with Gasteiger partial charge in [0.15, 0.2) is 0 Å². The standard InChI is InChI=1S/C14H16ClN/c1-11-3-4-12(2)16(11)10-9-13-5-7-14(15)8-6-13/h3-8H,9-10H2,1-2H3. The van der Waals surface area contributed by atoms with E-state index < -0.39 is 0 Å². The summed E-state index contributed by atoms with van der Waals surface area (Å²) < 4.78 is 2.34. The second-order valence-corrected chi connectivity index (χ2v) is 4.58. The Morgan fingerprint density at radius 1 is 0.938 bits per heavy atom. The Balaban J connectivity index is 2.05. The molecule has 0 amide bonds. The smallest absolute Gasteiger partial charge is 0.0406 e. The van der Waals surface area contributed by atoms with Crippen molar-refractivity contribution in [2.24, 2.45) is 0 Å². The summed E-state index contributed by atoms with van der Waals surface area (Å²) in [5.41, 5.74) is 3.98. The van der Waals surface area contributed by atoms with Gasteiger partial charge in [0, 0.05) is 23.0 Å². The van der Waals surface area contributed by atoms with Crippen LogP contribution in [0.3, 0.4) is 0 Å². The number of halogens is 1. The fourth-order valence-corrected chi connectivity index (χ4v) is 2.07. The number of hydrogen-bond donors (Lipinski definition) is 0. The van der Waals surface area contributed by atoms with Crippen LogP contribution in [0.1, 0.15) is 17.0 Å². The molecule has 0 aliphatic rings. The van der Waals surface area contributed by atoms with Gasteiger partial charge in [0.2, 0.25) is 0 Å². The van der Waals surface area contributed by atoms with Crippen molar-refractivity contribution in [1.82, 2.24) is 4.57 Å². The van der Waals surface area contributed by atoms with E-state index in [0.717, 1.165) is 18.0 Å². The van der Waals surface area contributed by atoms with Gasteiger partial charge in [0.1, 0.15) is 0 Å². The maximum Gasteiger partial charge on any atom is 0.0406 e.